The molecule has 7 N–H and O–H groups in total. The van der Waals surface area contributed by atoms with E-state index in [1.807, 2.05) is 0 Å². The molecule has 9 atom stereocenters. The molecule has 2 heterocycles. The average molecular weight is 312 g/mol. The van der Waals surface area contributed by atoms with Crippen molar-refractivity contribution in [3.63, 3.8) is 0 Å². The van der Waals surface area contributed by atoms with Gasteiger partial charge in [0.15, 0.2) is 12.6 Å². The second kappa shape index (κ2) is 6.79. The smallest absolute Gasteiger partial charge is 0.187 e. The van der Waals surface area contributed by atoms with Crippen molar-refractivity contribution in [1.29, 1.82) is 0 Å². The summed E-state index contributed by atoms with van der Waals surface area (Å²) in [4.78, 5) is 0. The van der Waals surface area contributed by atoms with E-state index in [0.29, 0.717) is 0 Å². The van der Waals surface area contributed by atoms with Gasteiger partial charge in [-0.1, -0.05) is 0 Å². The first kappa shape index (κ1) is 17.0. The lowest BCUT2D eigenvalue weighted by atomic mass is 9.99. The second-order valence-electron chi connectivity index (χ2n) is 5.04. The summed E-state index contributed by atoms with van der Waals surface area (Å²) in [6.45, 7) is -1.18. The zero-order valence-corrected chi connectivity index (χ0v) is 11.0. The fourth-order valence-corrected chi connectivity index (χ4v) is 2.37. The van der Waals surface area contributed by atoms with Gasteiger partial charge in [0.05, 0.1) is 13.2 Å². The van der Waals surface area contributed by atoms with Gasteiger partial charge in [-0.15, -0.1) is 0 Å². The predicted molar refractivity (Wildman–Crippen MR) is 62.6 cm³/mol. The monoisotopic (exact) mass is 312 g/mol. The molecule has 0 amide bonds. The van der Waals surface area contributed by atoms with Crippen molar-refractivity contribution in [2.45, 2.75) is 55.3 Å². The topological polar surface area (TPSA) is 169 Å². The maximum Gasteiger partial charge on any atom is 0.187 e. The molecular formula is C11H20O10. The maximum absolute atomic E-state index is 9.80. The Bertz CT molecular complexity index is 339. The van der Waals surface area contributed by atoms with Gasteiger partial charge in [0, 0.05) is 0 Å². The first-order chi connectivity index (χ1) is 9.90. The van der Waals surface area contributed by atoms with Gasteiger partial charge in [0.1, 0.15) is 42.7 Å². The summed E-state index contributed by atoms with van der Waals surface area (Å²) >= 11 is 0. The fraction of sp³-hybridized carbons (Fsp3) is 1.00. The Morgan fingerprint density at radius 1 is 0.714 bits per heavy atom. The van der Waals surface area contributed by atoms with Crippen LogP contribution in [0, 0.1) is 0 Å². The molecule has 2 aliphatic heterocycles. The molecule has 124 valence electrons. The lowest BCUT2D eigenvalue weighted by molar-refractivity contribution is -0.318. The molecule has 0 radical (unpaired) electrons. The van der Waals surface area contributed by atoms with Crippen LogP contribution in [0.15, 0.2) is 0 Å². The molecule has 0 aromatic carbocycles. The van der Waals surface area contributed by atoms with Crippen LogP contribution < -0.4 is 0 Å². The molecular weight excluding hydrogens is 292 g/mol. The van der Waals surface area contributed by atoms with Gasteiger partial charge in [-0.25, -0.2) is 0 Å². The molecule has 2 aliphatic rings. The van der Waals surface area contributed by atoms with E-state index in [9.17, 15) is 25.5 Å². The first-order valence-corrected chi connectivity index (χ1v) is 6.49. The van der Waals surface area contributed by atoms with E-state index in [-0.39, 0.29) is 0 Å². The third-order valence-corrected chi connectivity index (χ3v) is 3.63. The van der Waals surface area contributed by atoms with E-state index in [1.165, 1.54) is 0 Å². The SMILES string of the molecule is OCC1O[C@@H](O[C@@H]2C(O)C(O)O[C@@H]2CO)C(O)[C@@H](O)[C@H]1O. The van der Waals surface area contributed by atoms with Crippen molar-refractivity contribution in [2.75, 3.05) is 13.2 Å². The molecule has 0 spiro atoms. The average Bonchev–Trinajstić information content (AvgIpc) is 2.75. The lowest BCUT2D eigenvalue weighted by Gasteiger charge is -2.41. The van der Waals surface area contributed by atoms with Gasteiger partial charge in [-0.3, -0.25) is 0 Å². The van der Waals surface area contributed by atoms with Gasteiger partial charge >= 0.3 is 0 Å². The Morgan fingerprint density at radius 3 is 1.90 bits per heavy atom. The van der Waals surface area contributed by atoms with Crippen LogP contribution in [0.2, 0.25) is 0 Å². The number of rotatable bonds is 4. The van der Waals surface area contributed by atoms with Gasteiger partial charge < -0.3 is 50.0 Å². The van der Waals surface area contributed by atoms with Crippen LogP contribution in [0.1, 0.15) is 0 Å². The largest absolute Gasteiger partial charge is 0.394 e. The van der Waals surface area contributed by atoms with Crippen LogP contribution in [0.4, 0.5) is 0 Å². The molecule has 10 heteroatoms. The molecule has 10 nitrogen and oxygen atoms in total. The van der Waals surface area contributed by atoms with Crippen LogP contribution in [-0.4, -0.2) is 104 Å². The van der Waals surface area contributed by atoms with E-state index < -0.39 is 68.5 Å². The van der Waals surface area contributed by atoms with Crippen molar-refractivity contribution < 1.29 is 50.0 Å². The summed E-state index contributed by atoms with van der Waals surface area (Å²) in [7, 11) is 0. The minimum Gasteiger partial charge on any atom is -0.394 e. The summed E-state index contributed by atoms with van der Waals surface area (Å²) in [5.41, 5.74) is 0. The Labute approximate surface area is 119 Å². The summed E-state index contributed by atoms with van der Waals surface area (Å²) in [5, 5.41) is 66.3. The van der Waals surface area contributed by atoms with E-state index >= 15 is 0 Å². The number of aliphatic hydroxyl groups is 7. The van der Waals surface area contributed by atoms with Gasteiger partial charge in [-0.05, 0) is 0 Å². The van der Waals surface area contributed by atoms with E-state index in [4.69, 9.17) is 24.4 Å². The van der Waals surface area contributed by atoms with Gasteiger partial charge in [0.25, 0.3) is 0 Å². The van der Waals surface area contributed by atoms with E-state index in [0.717, 1.165) is 0 Å². The number of ether oxygens (including phenoxy) is 3. The summed E-state index contributed by atoms with van der Waals surface area (Å²) in [6.07, 6.45) is -12.8. The Balaban J connectivity index is 2.07. The second-order valence-corrected chi connectivity index (χ2v) is 5.04. The van der Waals surface area contributed by atoms with Crippen molar-refractivity contribution in [3.05, 3.63) is 0 Å². The quantitative estimate of drug-likeness (QED) is 0.267. The highest BCUT2D eigenvalue weighted by molar-refractivity contribution is 4.92. The molecule has 0 bridgehead atoms. The normalized spacial score (nSPS) is 51.3. The van der Waals surface area contributed by atoms with Crippen LogP contribution in [0.25, 0.3) is 0 Å². The van der Waals surface area contributed by atoms with Crippen LogP contribution in [0.5, 0.6) is 0 Å². The maximum atomic E-state index is 9.80. The van der Waals surface area contributed by atoms with Crippen molar-refractivity contribution in [3.8, 4) is 0 Å². The molecule has 0 aromatic rings. The molecule has 0 aromatic heterocycles. The van der Waals surface area contributed by atoms with Gasteiger partial charge in [-0.2, -0.15) is 0 Å². The third-order valence-electron chi connectivity index (χ3n) is 3.63. The molecule has 21 heavy (non-hydrogen) atoms. The summed E-state index contributed by atoms with van der Waals surface area (Å²) in [5.74, 6) is 0. The summed E-state index contributed by atoms with van der Waals surface area (Å²) < 4.78 is 15.2. The minimum absolute atomic E-state index is 0.559. The Hall–Kier alpha value is -0.400. The van der Waals surface area contributed by atoms with Crippen LogP contribution >= 0.6 is 0 Å². The zero-order chi connectivity index (χ0) is 15.7. The minimum atomic E-state index is -1.65. The predicted octanol–water partition coefficient (Wildman–Crippen LogP) is -4.76. The highest BCUT2D eigenvalue weighted by atomic mass is 16.7. The van der Waals surface area contributed by atoms with E-state index in [2.05, 4.69) is 0 Å². The van der Waals surface area contributed by atoms with Crippen LogP contribution in [-0.2, 0) is 14.2 Å². The molecule has 0 aliphatic carbocycles. The van der Waals surface area contributed by atoms with Crippen molar-refractivity contribution >= 4 is 0 Å². The van der Waals surface area contributed by atoms with Gasteiger partial charge in [0.2, 0.25) is 0 Å². The van der Waals surface area contributed by atoms with E-state index in [1.54, 1.807) is 0 Å². The Kier molecular flexibility index (Phi) is 5.48. The number of hydrogen-bond acceptors (Lipinski definition) is 10. The molecule has 4 unspecified atom stereocenters. The fourth-order valence-electron chi connectivity index (χ4n) is 2.37. The van der Waals surface area contributed by atoms with Crippen molar-refractivity contribution in [1.82, 2.24) is 0 Å². The zero-order valence-electron chi connectivity index (χ0n) is 11.0. The van der Waals surface area contributed by atoms with Crippen molar-refractivity contribution in [2.24, 2.45) is 0 Å². The molecule has 2 rings (SSSR count). The van der Waals surface area contributed by atoms with Crippen LogP contribution in [0.3, 0.4) is 0 Å². The molecule has 2 saturated heterocycles. The lowest BCUT2D eigenvalue weighted by Crippen LogP contribution is -2.60. The molecule has 0 saturated carbocycles. The highest BCUT2D eigenvalue weighted by Gasteiger charge is 2.49. The Morgan fingerprint density at radius 2 is 1.33 bits per heavy atom. The number of aliphatic hydroxyl groups excluding tert-OH is 7. The standard InChI is InChI=1S/C11H20O10/c12-1-3-5(14)6(15)7(16)11(20-3)21-9-4(2-13)19-10(18)8(9)17/h3-18H,1-2H2/t3?,4-,5+,6+,7?,8?,9+,10?,11+/m1/s1. The number of hydrogen-bond donors (Lipinski definition) is 7. The molecule has 2 fully saturated rings. The first-order valence-electron chi connectivity index (χ1n) is 6.49. The summed E-state index contributed by atoms with van der Waals surface area (Å²) in [6, 6.07) is 0. The third kappa shape index (κ3) is 3.19. The highest BCUT2D eigenvalue weighted by Crippen LogP contribution is 2.28.